The van der Waals surface area contributed by atoms with Crippen LogP contribution in [0.25, 0.3) is 10.9 Å². The summed E-state index contributed by atoms with van der Waals surface area (Å²) in [6.07, 6.45) is -0.132. The molecule has 0 aliphatic carbocycles. The molecule has 5 heterocycles. The predicted octanol–water partition coefficient (Wildman–Crippen LogP) is 4.75. The van der Waals surface area contributed by atoms with E-state index in [1.807, 2.05) is 10.9 Å². The summed E-state index contributed by atoms with van der Waals surface area (Å²) in [4.78, 5) is 47.4. The Labute approximate surface area is 271 Å². The molecule has 0 radical (unpaired) electrons. The lowest BCUT2D eigenvalue weighted by Gasteiger charge is -2.32. The van der Waals surface area contributed by atoms with Crippen LogP contribution < -0.4 is 15.5 Å². The lowest BCUT2D eigenvalue weighted by molar-refractivity contribution is -0.141. The minimum Gasteiger partial charge on any atom is -0.386 e. The van der Waals surface area contributed by atoms with Gasteiger partial charge in [0.25, 0.3) is 5.91 Å². The Morgan fingerprint density at radius 2 is 1.85 bits per heavy atom. The van der Waals surface area contributed by atoms with Gasteiger partial charge < -0.3 is 10.4 Å². The fourth-order valence-electron chi connectivity index (χ4n) is 5.93. The van der Waals surface area contributed by atoms with Crippen molar-refractivity contribution in [3.05, 3.63) is 77.3 Å². The van der Waals surface area contributed by atoms with Crippen LogP contribution in [0.15, 0.2) is 48.8 Å². The van der Waals surface area contributed by atoms with Crippen LogP contribution in [0.5, 0.6) is 0 Å². The first-order valence-corrected chi connectivity index (χ1v) is 15.3. The molecule has 16 heteroatoms. The third-order valence-corrected chi connectivity index (χ3v) is 8.43. The van der Waals surface area contributed by atoms with Gasteiger partial charge in [0.1, 0.15) is 11.4 Å². The van der Waals surface area contributed by atoms with Crippen molar-refractivity contribution in [3.8, 4) is 0 Å². The summed E-state index contributed by atoms with van der Waals surface area (Å²) in [5, 5.41) is 21.1. The molecule has 2 saturated heterocycles. The number of aromatic nitrogens is 4. The largest absolute Gasteiger partial charge is 0.433 e. The van der Waals surface area contributed by atoms with E-state index in [0.29, 0.717) is 53.6 Å². The van der Waals surface area contributed by atoms with Crippen molar-refractivity contribution in [2.45, 2.75) is 57.5 Å². The van der Waals surface area contributed by atoms with E-state index < -0.39 is 41.1 Å². The second kappa shape index (κ2) is 12.6. The van der Waals surface area contributed by atoms with Gasteiger partial charge in [0, 0.05) is 61.0 Å². The van der Waals surface area contributed by atoms with Crippen LogP contribution in [0, 0.1) is 5.95 Å². The molecule has 1 aromatic carbocycles. The van der Waals surface area contributed by atoms with Crippen molar-refractivity contribution in [1.29, 1.82) is 0 Å². The number of rotatable bonds is 7. The Hall–Kier alpha value is -4.96. The highest BCUT2D eigenvalue weighted by atomic mass is 19.4. The molecule has 4 amide bonds. The highest BCUT2D eigenvalue weighted by molar-refractivity contribution is 6.06. The maximum absolute atomic E-state index is 14.7. The number of nitrogens with one attached hydrogen (secondary N) is 2. The van der Waals surface area contributed by atoms with E-state index in [9.17, 15) is 37.1 Å². The lowest BCUT2D eigenvalue weighted by atomic mass is 9.95. The highest BCUT2D eigenvalue weighted by Crippen LogP contribution is 2.34. The van der Waals surface area contributed by atoms with Gasteiger partial charge in [0.05, 0.1) is 29.0 Å². The minimum absolute atomic E-state index is 0.00419. The normalized spacial score (nSPS) is 16.8. The molecule has 2 aliphatic rings. The molecular weight excluding hydrogens is 636 g/mol. The molecule has 2 aliphatic heterocycles. The van der Waals surface area contributed by atoms with E-state index in [2.05, 4.69) is 25.5 Å². The quantitative estimate of drug-likeness (QED) is 0.189. The molecule has 12 nitrogen and oxygen atoms in total. The van der Waals surface area contributed by atoms with Crippen molar-refractivity contribution < 1.29 is 37.1 Å². The molecular formula is C32H32F4N8O4. The first-order valence-electron chi connectivity index (χ1n) is 15.3. The monoisotopic (exact) mass is 668 g/mol. The van der Waals surface area contributed by atoms with Crippen molar-refractivity contribution >= 4 is 40.1 Å². The highest BCUT2D eigenvalue weighted by Gasteiger charge is 2.33. The van der Waals surface area contributed by atoms with Gasteiger partial charge in [-0.25, -0.2) is 14.8 Å². The number of benzene rings is 1. The van der Waals surface area contributed by atoms with Crippen molar-refractivity contribution in [2.75, 3.05) is 29.9 Å². The number of hydrogen-bond acceptors (Lipinski definition) is 8. The Balaban J connectivity index is 1.16. The van der Waals surface area contributed by atoms with Gasteiger partial charge in [-0.2, -0.15) is 22.7 Å². The topological polar surface area (TPSA) is 146 Å². The van der Waals surface area contributed by atoms with Crippen LogP contribution in [0.2, 0.25) is 0 Å². The molecule has 252 valence electrons. The number of amides is 4. The van der Waals surface area contributed by atoms with E-state index in [4.69, 9.17) is 5.10 Å². The van der Waals surface area contributed by atoms with Crippen LogP contribution >= 0.6 is 0 Å². The molecule has 6 rings (SSSR count). The van der Waals surface area contributed by atoms with Gasteiger partial charge in [0.2, 0.25) is 11.9 Å². The summed E-state index contributed by atoms with van der Waals surface area (Å²) >= 11 is 0. The number of halogens is 4. The standard InChI is InChI=1S/C32H32F4N8O4/c1-31(2,48)22-14-24-18(13-25(22)39-29(46)23-4-3-5-26(38-23)32(34,35)36)17-44(41-24)20-6-9-42(10-7-20)16-19-12-21(15-37-28(19)33)43-11-8-27(45)40-30(43)47/h3-5,12-15,17,20,48H,6-11,16H2,1-2H3,(H,39,46)(H,40,45,47). The average Bonchev–Trinajstić information content (AvgIpc) is 3.44. The molecule has 0 spiro atoms. The number of urea groups is 1. The second-order valence-electron chi connectivity index (χ2n) is 12.4. The number of piperidine rings is 1. The molecule has 4 aromatic rings. The van der Waals surface area contributed by atoms with E-state index >= 15 is 0 Å². The summed E-state index contributed by atoms with van der Waals surface area (Å²) in [6.45, 7) is 4.73. The smallest absolute Gasteiger partial charge is 0.386 e. The van der Waals surface area contributed by atoms with Gasteiger partial charge in [-0.15, -0.1) is 0 Å². The molecule has 0 unspecified atom stereocenters. The Bertz CT molecular complexity index is 1900. The van der Waals surface area contributed by atoms with Gasteiger partial charge in [0.15, 0.2) is 0 Å². The molecule has 3 N–H and O–H groups in total. The summed E-state index contributed by atoms with van der Waals surface area (Å²) in [5.41, 5.74) is -1.23. The van der Waals surface area contributed by atoms with Gasteiger partial charge >= 0.3 is 12.2 Å². The Kier molecular flexibility index (Phi) is 8.63. The Morgan fingerprint density at radius 3 is 2.54 bits per heavy atom. The molecule has 2 fully saturated rings. The van der Waals surface area contributed by atoms with Gasteiger partial charge in [-0.3, -0.25) is 29.4 Å². The Morgan fingerprint density at radius 1 is 1.10 bits per heavy atom. The van der Waals surface area contributed by atoms with Crippen molar-refractivity contribution in [1.82, 2.24) is 30.0 Å². The van der Waals surface area contributed by atoms with Gasteiger partial charge in [-0.1, -0.05) is 6.07 Å². The lowest BCUT2D eigenvalue weighted by Crippen LogP contribution is -2.49. The van der Waals surface area contributed by atoms with E-state index in [1.165, 1.54) is 31.0 Å². The van der Waals surface area contributed by atoms with E-state index in [1.54, 1.807) is 18.2 Å². The third-order valence-electron chi connectivity index (χ3n) is 8.43. The van der Waals surface area contributed by atoms with E-state index in [-0.39, 0.29) is 37.1 Å². The predicted molar refractivity (Wildman–Crippen MR) is 165 cm³/mol. The zero-order valence-electron chi connectivity index (χ0n) is 26.0. The number of imide groups is 1. The summed E-state index contributed by atoms with van der Waals surface area (Å²) in [7, 11) is 0. The summed E-state index contributed by atoms with van der Waals surface area (Å²) in [5.74, 6) is -1.87. The first kappa shape index (κ1) is 33.0. The molecule has 0 bridgehead atoms. The van der Waals surface area contributed by atoms with Gasteiger partial charge in [-0.05, 0) is 57.0 Å². The van der Waals surface area contributed by atoms with Crippen molar-refractivity contribution in [3.63, 3.8) is 0 Å². The fourth-order valence-corrected chi connectivity index (χ4v) is 5.93. The maximum Gasteiger partial charge on any atom is 0.433 e. The zero-order valence-corrected chi connectivity index (χ0v) is 26.0. The third kappa shape index (κ3) is 6.99. The molecule has 48 heavy (non-hydrogen) atoms. The number of nitrogens with zero attached hydrogens (tertiary/aromatic N) is 6. The SMILES string of the molecule is CC(C)(O)c1cc2nn(C3CCN(Cc4cc(N5CCC(=O)NC5=O)cnc4F)CC3)cc2cc1NC(=O)c1cccc(C(F)(F)F)n1. The van der Waals surface area contributed by atoms with Crippen LogP contribution in [-0.2, 0) is 23.1 Å². The number of likely N-dealkylation sites (tertiary alicyclic amines) is 1. The number of hydrogen-bond donors (Lipinski definition) is 3. The summed E-state index contributed by atoms with van der Waals surface area (Å²) in [6, 6.07) is 7.30. The minimum atomic E-state index is -4.72. The number of carbonyl (C=O) groups excluding carboxylic acids is 3. The van der Waals surface area contributed by atoms with Crippen LogP contribution in [0.4, 0.5) is 33.7 Å². The number of anilines is 2. The van der Waals surface area contributed by atoms with Crippen molar-refractivity contribution in [2.24, 2.45) is 0 Å². The number of alkyl halides is 3. The average molecular weight is 669 g/mol. The molecule has 0 saturated carbocycles. The number of carbonyl (C=O) groups is 3. The summed E-state index contributed by atoms with van der Waals surface area (Å²) < 4.78 is 56.0. The van der Waals surface area contributed by atoms with Crippen LogP contribution in [-0.4, -0.2) is 67.2 Å². The number of aliphatic hydroxyl groups is 1. The fraction of sp³-hybridized carbons (Fsp3) is 0.375. The first-order chi connectivity index (χ1) is 22.7. The van der Waals surface area contributed by atoms with E-state index in [0.717, 1.165) is 12.1 Å². The molecule has 3 aromatic heterocycles. The zero-order chi connectivity index (χ0) is 34.4. The van der Waals surface area contributed by atoms with Crippen LogP contribution in [0.1, 0.15) is 66.5 Å². The number of fused-ring (bicyclic) bond motifs is 1. The maximum atomic E-state index is 14.7. The van der Waals surface area contributed by atoms with Crippen LogP contribution in [0.3, 0.4) is 0 Å². The molecule has 0 atom stereocenters. The second-order valence-corrected chi connectivity index (χ2v) is 12.4. The number of pyridine rings is 2.